The van der Waals surface area contributed by atoms with Gasteiger partial charge in [-0.1, -0.05) is 12.1 Å². The molecule has 1 N–H and O–H groups in total. The van der Waals surface area contributed by atoms with Gasteiger partial charge in [-0.15, -0.1) is 0 Å². The summed E-state index contributed by atoms with van der Waals surface area (Å²) in [6.07, 6.45) is 3.69. The van der Waals surface area contributed by atoms with Crippen LogP contribution in [-0.4, -0.2) is 47.3 Å². The van der Waals surface area contributed by atoms with E-state index in [2.05, 4.69) is 10.3 Å². The fraction of sp³-hybridized carbons (Fsp3) is 0.368. The lowest BCUT2D eigenvalue weighted by Crippen LogP contribution is -2.36. The van der Waals surface area contributed by atoms with Crippen LogP contribution in [0.25, 0.3) is 11.0 Å². The summed E-state index contributed by atoms with van der Waals surface area (Å²) in [5, 5.41) is 3.03. The first kappa shape index (κ1) is 18.5. The van der Waals surface area contributed by atoms with Crippen LogP contribution in [0.1, 0.15) is 17.6 Å². The van der Waals surface area contributed by atoms with E-state index in [1.54, 1.807) is 18.0 Å². The molecule has 1 unspecified atom stereocenters. The summed E-state index contributed by atoms with van der Waals surface area (Å²) in [4.78, 5) is 19.3. The minimum absolute atomic E-state index is 0.000788. The average molecular weight is 372 g/mol. The Morgan fingerprint density at radius 3 is 2.81 bits per heavy atom. The number of furan rings is 1. The molecule has 1 amide bonds. The number of nitrogens with zero attached hydrogens (tertiary/aromatic N) is 3. The molecule has 7 heteroatoms. The van der Waals surface area contributed by atoms with Gasteiger partial charge in [-0.05, 0) is 44.6 Å². The molecule has 3 aromatic rings. The van der Waals surface area contributed by atoms with Crippen LogP contribution in [0.15, 0.2) is 47.1 Å². The lowest BCUT2D eigenvalue weighted by atomic mass is 10.2. The Labute approximate surface area is 157 Å². The Morgan fingerprint density at radius 2 is 2.12 bits per heavy atom. The Balaban J connectivity index is 1.72. The number of amides is 1. The molecule has 1 atom stereocenters. The van der Waals surface area contributed by atoms with Gasteiger partial charge in [0.1, 0.15) is 18.1 Å². The normalized spacial score (nSPS) is 12.6. The summed E-state index contributed by atoms with van der Waals surface area (Å²) >= 11 is 1.70. The minimum atomic E-state index is -0.0334. The SMILES string of the molecule is CSCc1nc2ccccc2n1CC(=O)NCC(c1ccco1)N(C)C. The molecular formula is C19H24N4O2S. The van der Waals surface area contributed by atoms with Gasteiger partial charge in [0.25, 0.3) is 0 Å². The zero-order valence-electron chi connectivity index (χ0n) is 15.3. The highest BCUT2D eigenvalue weighted by Crippen LogP contribution is 2.20. The number of thioether (sulfide) groups is 1. The number of rotatable bonds is 8. The summed E-state index contributed by atoms with van der Waals surface area (Å²) in [6.45, 7) is 0.749. The zero-order chi connectivity index (χ0) is 18.5. The van der Waals surface area contributed by atoms with Crippen molar-refractivity contribution in [2.75, 3.05) is 26.9 Å². The minimum Gasteiger partial charge on any atom is -0.468 e. The summed E-state index contributed by atoms with van der Waals surface area (Å²) in [5.41, 5.74) is 1.91. The number of hydrogen-bond donors (Lipinski definition) is 1. The van der Waals surface area contributed by atoms with E-state index >= 15 is 0 Å². The fourth-order valence-electron chi connectivity index (χ4n) is 2.97. The van der Waals surface area contributed by atoms with Gasteiger partial charge >= 0.3 is 0 Å². The van der Waals surface area contributed by atoms with E-state index in [1.165, 1.54) is 0 Å². The van der Waals surface area contributed by atoms with Crippen molar-refractivity contribution in [3.8, 4) is 0 Å². The van der Waals surface area contributed by atoms with Gasteiger partial charge < -0.3 is 14.3 Å². The number of nitrogens with one attached hydrogen (secondary N) is 1. The van der Waals surface area contributed by atoms with Gasteiger partial charge in [0.15, 0.2) is 0 Å². The zero-order valence-corrected chi connectivity index (χ0v) is 16.1. The first-order valence-electron chi connectivity index (χ1n) is 8.49. The second-order valence-corrected chi connectivity index (χ2v) is 7.20. The summed E-state index contributed by atoms with van der Waals surface area (Å²) in [7, 11) is 3.94. The van der Waals surface area contributed by atoms with Crippen LogP contribution < -0.4 is 5.32 Å². The maximum absolute atomic E-state index is 12.6. The van der Waals surface area contributed by atoms with Crippen molar-refractivity contribution in [1.82, 2.24) is 19.8 Å². The van der Waals surface area contributed by atoms with Crippen LogP contribution in [0.2, 0.25) is 0 Å². The molecule has 0 saturated heterocycles. The van der Waals surface area contributed by atoms with Gasteiger partial charge in [0.2, 0.25) is 5.91 Å². The first-order chi connectivity index (χ1) is 12.6. The standard InChI is InChI=1S/C19H24N4O2S/c1-22(2)16(17-9-6-10-25-17)11-20-19(24)12-23-15-8-5-4-7-14(15)21-18(23)13-26-3/h4-10,16H,11-13H2,1-3H3,(H,20,24). The van der Waals surface area contributed by atoms with Crippen LogP contribution in [0.3, 0.4) is 0 Å². The fourth-order valence-corrected chi connectivity index (χ4v) is 3.45. The summed E-state index contributed by atoms with van der Waals surface area (Å²) in [6, 6.07) is 11.7. The Morgan fingerprint density at radius 1 is 1.31 bits per heavy atom. The number of aromatic nitrogens is 2. The van der Waals surface area contributed by atoms with Gasteiger partial charge in [-0.2, -0.15) is 11.8 Å². The molecule has 26 heavy (non-hydrogen) atoms. The van der Waals surface area contributed by atoms with Crippen molar-refractivity contribution in [3.05, 3.63) is 54.2 Å². The lowest BCUT2D eigenvalue weighted by Gasteiger charge is -2.22. The third-order valence-electron chi connectivity index (χ3n) is 4.30. The Hall–Kier alpha value is -2.25. The van der Waals surface area contributed by atoms with Crippen LogP contribution >= 0.6 is 11.8 Å². The Bertz CT molecular complexity index is 858. The molecule has 138 valence electrons. The molecule has 3 rings (SSSR count). The average Bonchev–Trinajstić information content (AvgIpc) is 3.24. The number of carbonyl (C=O) groups is 1. The molecular weight excluding hydrogens is 348 g/mol. The highest BCUT2D eigenvalue weighted by Gasteiger charge is 2.19. The van der Waals surface area contributed by atoms with Gasteiger partial charge in [-0.25, -0.2) is 4.98 Å². The number of fused-ring (bicyclic) bond motifs is 1. The number of benzene rings is 1. The second-order valence-electron chi connectivity index (χ2n) is 6.33. The third kappa shape index (κ3) is 4.11. The predicted octanol–water partition coefficient (Wildman–Crippen LogP) is 2.91. The van der Waals surface area contributed by atoms with E-state index in [-0.39, 0.29) is 18.5 Å². The van der Waals surface area contributed by atoms with E-state index in [4.69, 9.17) is 4.42 Å². The highest BCUT2D eigenvalue weighted by atomic mass is 32.2. The Kier molecular flexibility index (Phi) is 6.00. The van der Waals surface area contributed by atoms with Crippen LogP contribution in [0.4, 0.5) is 0 Å². The maximum atomic E-state index is 12.6. The van der Waals surface area contributed by atoms with Crippen LogP contribution in [0, 0.1) is 0 Å². The van der Waals surface area contributed by atoms with Crippen LogP contribution in [0.5, 0.6) is 0 Å². The monoisotopic (exact) mass is 372 g/mol. The topological polar surface area (TPSA) is 63.3 Å². The molecule has 0 aliphatic rings. The maximum Gasteiger partial charge on any atom is 0.240 e. The van der Waals surface area contributed by atoms with Gasteiger partial charge in [0, 0.05) is 6.54 Å². The summed E-state index contributed by atoms with van der Waals surface area (Å²) in [5.74, 6) is 2.50. The molecule has 0 bridgehead atoms. The molecule has 2 aromatic heterocycles. The molecule has 0 spiro atoms. The molecule has 6 nitrogen and oxygen atoms in total. The van der Waals surface area contributed by atoms with E-state index in [0.29, 0.717) is 6.54 Å². The molecule has 0 aliphatic carbocycles. The van der Waals surface area contributed by atoms with E-state index < -0.39 is 0 Å². The van der Waals surface area contributed by atoms with Crippen molar-refractivity contribution >= 4 is 28.7 Å². The first-order valence-corrected chi connectivity index (χ1v) is 9.89. The van der Waals surface area contributed by atoms with Crippen LogP contribution in [-0.2, 0) is 17.1 Å². The van der Waals surface area contributed by atoms with Gasteiger partial charge in [0.05, 0.1) is 29.1 Å². The van der Waals surface area contributed by atoms with Gasteiger partial charge in [-0.3, -0.25) is 9.69 Å². The van der Waals surface area contributed by atoms with E-state index in [9.17, 15) is 4.79 Å². The number of hydrogen-bond acceptors (Lipinski definition) is 5. The number of para-hydroxylation sites is 2. The van der Waals surface area contributed by atoms with Crippen molar-refractivity contribution in [2.24, 2.45) is 0 Å². The molecule has 0 saturated carbocycles. The molecule has 0 aliphatic heterocycles. The van der Waals surface area contributed by atoms with Crippen molar-refractivity contribution in [2.45, 2.75) is 18.3 Å². The number of likely N-dealkylation sites (N-methyl/N-ethyl adjacent to an activating group) is 1. The smallest absolute Gasteiger partial charge is 0.240 e. The number of imidazole rings is 1. The predicted molar refractivity (Wildman–Crippen MR) is 105 cm³/mol. The third-order valence-corrected chi connectivity index (χ3v) is 4.84. The van der Waals surface area contributed by atoms with E-state index in [1.807, 2.05) is 66.2 Å². The van der Waals surface area contributed by atoms with Crippen molar-refractivity contribution < 1.29 is 9.21 Å². The largest absolute Gasteiger partial charge is 0.468 e. The lowest BCUT2D eigenvalue weighted by molar-refractivity contribution is -0.121. The number of carbonyl (C=O) groups excluding carboxylic acids is 1. The molecule has 0 fully saturated rings. The highest BCUT2D eigenvalue weighted by molar-refractivity contribution is 7.97. The molecule has 2 heterocycles. The summed E-state index contributed by atoms with van der Waals surface area (Å²) < 4.78 is 7.49. The van der Waals surface area contributed by atoms with E-state index in [0.717, 1.165) is 28.4 Å². The molecule has 1 aromatic carbocycles. The van der Waals surface area contributed by atoms with Crippen molar-refractivity contribution in [3.63, 3.8) is 0 Å². The quantitative estimate of drug-likeness (QED) is 0.659. The van der Waals surface area contributed by atoms with Crippen molar-refractivity contribution in [1.29, 1.82) is 0 Å². The second kappa shape index (κ2) is 8.42. The molecule has 0 radical (unpaired) electrons.